The van der Waals surface area contributed by atoms with Gasteiger partial charge in [-0.05, 0) is 41.7 Å². The van der Waals surface area contributed by atoms with Crippen molar-refractivity contribution in [3.05, 3.63) is 71.3 Å². The average Bonchev–Trinajstić information content (AvgIpc) is 3.36. The Morgan fingerprint density at radius 1 is 1.22 bits per heavy atom. The Morgan fingerprint density at radius 2 is 1.96 bits per heavy atom. The van der Waals surface area contributed by atoms with Crippen molar-refractivity contribution in [2.45, 2.75) is 18.4 Å². The topological polar surface area (TPSA) is 49.3 Å². The maximum Gasteiger partial charge on any atom is 0.224 e. The third-order valence-corrected chi connectivity index (χ3v) is 4.19. The van der Waals surface area contributed by atoms with Gasteiger partial charge in [-0.15, -0.1) is 0 Å². The van der Waals surface area contributed by atoms with Crippen molar-refractivity contribution >= 4 is 5.91 Å². The summed E-state index contributed by atoms with van der Waals surface area (Å²) in [5.41, 5.74) is 1.04. The van der Waals surface area contributed by atoms with E-state index in [1.165, 1.54) is 0 Å². The molecule has 23 heavy (non-hydrogen) atoms. The predicted octanol–water partition coefficient (Wildman–Crippen LogP) is 2.92. The van der Waals surface area contributed by atoms with Crippen LogP contribution in [0.2, 0.25) is 0 Å². The van der Waals surface area contributed by atoms with Crippen LogP contribution in [-0.2, 0) is 4.79 Å². The summed E-state index contributed by atoms with van der Waals surface area (Å²) < 4.78 is 27.0. The van der Waals surface area contributed by atoms with Crippen LogP contribution in [0.5, 0.6) is 0 Å². The first-order valence-corrected chi connectivity index (χ1v) is 7.51. The molecule has 0 aromatic heterocycles. The van der Waals surface area contributed by atoms with Crippen molar-refractivity contribution in [3.8, 4) is 0 Å². The number of carbonyl (C=O) groups is 1. The SMILES string of the molecule is O=C(NC(CO)c1ccccc1)C1CC1c1cc(F)ccc1F. The number of nitrogens with one attached hydrogen (secondary N) is 1. The fraction of sp³-hybridized carbons (Fsp3) is 0.278. The minimum atomic E-state index is -0.509. The Labute approximate surface area is 133 Å². The molecule has 1 fully saturated rings. The zero-order valence-electron chi connectivity index (χ0n) is 12.4. The Hall–Kier alpha value is -2.27. The van der Waals surface area contributed by atoms with Gasteiger partial charge in [0, 0.05) is 5.92 Å². The number of amides is 1. The molecule has 0 bridgehead atoms. The van der Waals surface area contributed by atoms with Crippen LogP contribution >= 0.6 is 0 Å². The van der Waals surface area contributed by atoms with E-state index in [1.807, 2.05) is 30.3 Å². The number of halogens is 2. The van der Waals surface area contributed by atoms with Gasteiger partial charge in [0.15, 0.2) is 0 Å². The van der Waals surface area contributed by atoms with E-state index >= 15 is 0 Å². The van der Waals surface area contributed by atoms with Crippen LogP contribution in [0.1, 0.15) is 29.5 Å². The van der Waals surface area contributed by atoms with Gasteiger partial charge in [0.1, 0.15) is 11.6 Å². The highest BCUT2D eigenvalue weighted by Gasteiger charge is 2.45. The van der Waals surface area contributed by atoms with Crippen LogP contribution in [0.15, 0.2) is 48.5 Å². The first-order valence-electron chi connectivity index (χ1n) is 7.51. The summed E-state index contributed by atoms with van der Waals surface area (Å²) in [5, 5.41) is 12.2. The Balaban J connectivity index is 1.67. The Kier molecular flexibility index (Phi) is 4.39. The molecule has 0 spiro atoms. The molecule has 2 N–H and O–H groups in total. The second kappa shape index (κ2) is 6.46. The van der Waals surface area contributed by atoms with E-state index in [2.05, 4.69) is 5.32 Å². The molecule has 1 aliphatic rings. The molecule has 2 aromatic rings. The van der Waals surface area contributed by atoms with E-state index in [0.717, 1.165) is 23.8 Å². The van der Waals surface area contributed by atoms with Crippen LogP contribution in [0.4, 0.5) is 8.78 Å². The molecule has 1 aliphatic carbocycles. The maximum absolute atomic E-state index is 13.8. The summed E-state index contributed by atoms with van der Waals surface area (Å²) in [4.78, 5) is 12.3. The van der Waals surface area contributed by atoms with Gasteiger partial charge in [0.05, 0.1) is 12.6 Å². The van der Waals surface area contributed by atoms with Crippen molar-refractivity contribution in [1.82, 2.24) is 5.32 Å². The van der Waals surface area contributed by atoms with Crippen molar-refractivity contribution in [2.24, 2.45) is 5.92 Å². The number of aliphatic hydroxyl groups is 1. The van der Waals surface area contributed by atoms with Crippen LogP contribution in [0.25, 0.3) is 0 Å². The summed E-state index contributed by atoms with van der Waals surface area (Å²) >= 11 is 0. The summed E-state index contributed by atoms with van der Waals surface area (Å²) in [6.07, 6.45) is 0.485. The van der Waals surface area contributed by atoms with Crippen LogP contribution < -0.4 is 5.32 Å². The van der Waals surface area contributed by atoms with Gasteiger partial charge in [-0.1, -0.05) is 30.3 Å². The largest absolute Gasteiger partial charge is 0.394 e. The molecule has 0 heterocycles. The van der Waals surface area contributed by atoms with Gasteiger partial charge in [0.2, 0.25) is 5.91 Å². The molecule has 5 heteroatoms. The van der Waals surface area contributed by atoms with Crippen molar-refractivity contribution < 1.29 is 18.7 Å². The number of hydrogen-bond acceptors (Lipinski definition) is 2. The van der Waals surface area contributed by atoms with E-state index in [4.69, 9.17) is 0 Å². The Morgan fingerprint density at radius 3 is 2.65 bits per heavy atom. The van der Waals surface area contributed by atoms with Crippen molar-refractivity contribution in [3.63, 3.8) is 0 Å². The van der Waals surface area contributed by atoms with Crippen molar-refractivity contribution in [1.29, 1.82) is 0 Å². The summed E-state index contributed by atoms with van der Waals surface area (Å²) in [7, 11) is 0. The maximum atomic E-state index is 13.8. The standard InChI is InChI=1S/C18H17F2NO2/c19-12-6-7-16(20)14(8-12)13-9-15(13)18(23)21-17(10-22)11-4-2-1-3-5-11/h1-8,13,15,17,22H,9-10H2,(H,21,23). The molecular weight excluding hydrogens is 300 g/mol. The zero-order valence-corrected chi connectivity index (χ0v) is 12.4. The molecule has 120 valence electrons. The van der Waals surface area contributed by atoms with Gasteiger partial charge < -0.3 is 10.4 Å². The lowest BCUT2D eigenvalue weighted by Crippen LogP contribution is -2.32. The van der Waals surface area contributed by atoms with E-state index in [0.29, 0.717) is 6.42 Å². The lowest BCUT2D eigenvalue weighted by atomic mass is 10.1. The Bertz CT molecular complexity index is 705. The van der Waals surface area contributed by atoms with Crippen molar-refractivity contribution in [2.75, 3.05) is 6.61 Å². The molecule has 1 amide bonds. The third kappa shape index (κ3) is 3.40. The lowest BCUT2D eigenvalue weighted by Gasteiger charge is -2.16. The molecule has 2 aromatic carbocycles. The summed E-state index contributed by atoms with van der Waals surface area (Å²) in [6, 6.07) is 11.9. The minimum absolute atomic E-state index is 0.221. The highest BCUT2D eigenvalue weighted by atomic mass is 19.1. The summed E-state index contributed by atoms with van der Waals surface area (Å²) in [5.74, 6) is -1.94. The smallest absolute Gasteiger partial charge is 0.224 e. The number of rotatable bonds is 5. The normalized spacial score (nSPS) is 20.8. The molecule has 0 radical (unpaired) electrons. The molecule has 0 aliphatic heterocycles. The van der Waals surface area contributed by atoms with Gasteiger partial charge in [-0.3, -0.25) is 4.79 Å². The van der Waals surface area contributed by atoms with E-state index in [-0.39, 0.29) is 29.9 Å². The quantitative estimate of drug-likeness (QED) is 0.891. The highest BCUT2D eigenvalue weighted by molar-refractivity contribution is 5.83. The number of aliphatic hydroxyl groups excluding tert-OH is 1. The van der Waals surface area contributed by atoms with E-state index in [9.17, 15) is 18.7 Å². The molecular formula is C18H17F2NO2. The number of benzene rings is 2. The number of hydrogen-bond donors (Lipinski definition) is 2. The predicted molar refractivity (Wildman–Crippen MR) is 81.6 cm³/mol. The minimum Gasteiger partial charge on any atom is -0.394 e. The van der Waals surface area contributed by atoms with Gasteiger partial charge in [-0.25, -0.2) is 8.78 Å². The zero-order chi connectivity index (χ0) is 16.4. The van der Waals surface area contributed by atoms with Crippen LogP contribution in [-0.4, -0.2) is 17.6 Å². The first-order chi connectivity index (χ1) is 11.1. The average molecular weight is 317 g/mol. The highest BCUT2D eigenvalue weighted by Crippen LogP contribution is 2.48. The second-order valence-electron chi connectivity index (χ2n) is 5.77. The summed E-state index contributed by atoms with van der Waals surface area (Å²) in [6.45, 7) is -0.221. The third-order valence-electron chi connectivity index (χ3n) is 4.19. The lowest BCUT2D eigenvalue weighted by molar-refractivity contribution is -0.123. The van der Waals surface area contributed by atoms with Crippen LogP contribution in [0, 0.1) is 17.6 Å². The first kappa shape index (κ1) is 15.6. The fourth-order valence-corrected chi connectivity index (χ4v) is 2.83. The molecule has 0 saturated heterocycles. The molecule has 3 nitrogen and oxygen atoms in total. The number of carbonyl (C=O) groups excluding carboxylic acids is 1. The fourth-order valence-electron chi connectivity index (χ4n) is 2.83. The van der Waals surface area contributed by atoms with Gasteiger partial charge >= 0.3 is 0 Å². The van der Waals surface area contributed by atoms with E-state index in [1.54, 1.807) is 0 Å². The van der Waals surface area contributed by atoms with E-state index < -0.39 is 17.7 Å². The van der Waals surface area contributed by atoms with Crippen LogP contribution in [0.3, 0.4) is 0 Å². The molecule has 3 atom stereocenters. The van der Waals surface area contributed by atoms with Gasteiger partial charge in [0.25, 0.3) is 0 Å². The molecule has 1 saturated carbocycles. The second-order valence-corrected chi connectivity index (χ2v) is 5.77. The molecule has 3 unspecified atom stereocenters. The van der Waals surface area contributed by atoms with Gasteiger partial charge in [-0.2, -0.15) is 0 Å². The monoisotopic (exact) mass is 317 g/mol. The molecule has 3 rings (SSSR count).